The summed E-state index contributed by atoms with van der Waals surface area (Å²) in [6.45, 7) is 0. The Balaban J connectivity index is 2.42. The van der Waals surface area contributed by atoms with Crippen molar-refractivity contribution in [3.63, 3.8) is 0 Å². The Morgan fingerprint density at radius 1 is 1.39 bits per heavy atom. The highest BCUT2D eigenvalue weighted by Gasteiger charge is 2.10. The average Bonchev–Trinajstić information content (AvgIpc) is 2.82. The summed E-state index contributed by atoms with van der Waals surface area (Å²) in [5.74, 6) is -0.694. The van der Waals surface area contributed by atoms with Crippen molar-refractivity contribution in [2.45, 2.75) is 0 Å². The van der Waals surface area contributed by atoms with Crippen molar-refractivity contribution in [2.24, 2.45) is 5.10 Å². The van der Waals surface area contributed by atoms with E-state index in [0.717, 1.165) is 6.07 Å². The van der Waals surface area contributed by atoms with Gasteiger partial charge in [0.15, 0.2) is 0 Å². The molecule has 92 valence electrons. The monoisotopic (exact) mass is 310 g/mol. The molecule has 1 heterocycles. The van der Waals surface area contributed by atoms with Crippen molar-refractivity contribution in [3.8, 4) is 5.75 Å². The molecule has 18 heavy (non-hydrogen) atoms. The summed E-state index contributed by atoms with van der Waals surface area (Å²) in [6, 6.07) is 2.60. The first-order valence-corrected chi connectivity index (χ1v) is 5.41. The number of aromatic nitrogens is 3. The number of hydrogen-bond donors (Lipinski definition) is 0. The molecule has 2 rings (SSSR count). The van der Waals surface area contributed by atoms with E-state index in [1.807, 2.05) is 0 Å². The lowest BCUT2D eigenvalue weighted by atomic mass is 10.2. The van der Waals surface area contributed by atoms with Gasteiger partial charge >= 0.3 is 0 Å². The van der Waals surface area contributed by atoms with Crippen LogP contribution in [0.5, 0.6) is 5.75 Å². The molecule has 0 bridgehead atoms. The number of benzene rings is 1. The number of rotatable bonds is 3. The molecule has 1 aromatic carbocycles. The first-order chi connectivity index (χ1) is 8.58. The van der Waals surface area contributed by atoms with Gasteiger partial charge in [0.2, 0.25) is 0 Å². The predicted molar refractivity (Wildman–Crippen MR) is 63.3 cm³/mol. The maximum absolute atomic E-state index is 11.7. The first-order valence-electron chi connectivity index (χ1n) is 4.62. The summed E-state index contributed by atoms with van der Waals surface area (Å²) in [5, 5.41) is 33.3. The van der Waals surface area contributed by atoms with Crippen molar-refractivity contribution in [1.82, 2.24) is 14.9 Å². The van der Waals surface area contributed by atoms with Gasteiger partial charge < -0.3 is 5.11 Å². The Hall–Kier alpha value is -2.29. The number of nitro benzene ring substituents is 1. The number of nitro groups is 1. The highest BCUT2D eigenvalue weighted by Crippen LogP contribution is 2.30. The van der Waals surface area contributed by atoms with Gasteiger partial charge in [0.1, 0.15) is 12.7 Å². The van der Waals surface area contributed by atoms with Crippen LogP contribution in [0, 0.1) is 10.1 Å². The fraction of sp³-hybridized carbons (Fsp3) is 0. The van der Waals surface area contributed by atoms with Crippen LogP contribution in [0.4, 0.5) is 5.69 Å². The summed E-state index contributed by atoms with van der Waals surface area (Å²) < 4.78 is 1.70. The summed E-state index contributed by atoms with van der Waals surface area (Å²) in [7, 11) is 0. The minimum Gasteiger partial charge on any atom is -0.867 e. The van der Waals surface area contributed by atoms with Crippen molar-refractivity contribution < 1.29 is 10.0 Å². The molecule has 8 nitrogen and oxygen atoms in total. The zero-order valence-corrected chi connectivity index (χ0v) is 10.3. The Morgan fingerprint density at radius 3 is 2.67 bits per heavy atom. The molecule has 0 radical (unpaired) electrons. The van der Waals surface area contributed by atoms with E-state index < -0.39 is 16.4 Å². The van der Waals surface area contributed by atoms with E-state index in [1.165, 1.54) is 29.6 Å². The van der Waals surface area contributed by atoms with Crippen molar-refractivity contribution in [1.29, 1.82) is 0 Å². The van der Waals surface area contributed by atoms with E-state index in [1.54, 1.807) is 0 Å². The van der Waals surface area contributed by atoms with Gasteiger partial charge in [-0.2, -0.15) is 5.10 Å². The second-order valence-electron chi connectivity index (χ2n) is 3.19. The summed E-state index contributed by atoms with van der Waals surface area (Å²) in [6.07, 6.45) is 3.87. The van der Waals surface area contributed by atoms with Crippen LogP contribution in [0.3, 0.4) is 0 Å². The molecule has 9 heteroatoms. The molecule has 0 aliphatic carbocycles. The molecule has 0 saturated carbocycles. The van der Waals surface area contributed by atoms with Crippen LogP contribution in [0.25, 0.3) is 0 Å². The van der Waals surface area contributed by atoms with Crippen molar-refractivity contribution in [3.05, 3.63) is 44.9 Å². The Morgan fingerprint density at radius 2 is 2.06 bits per heavy atom. The van der Waals surface area contributed by atoms with Gasteiger partial charge in [0.25, 0.3) is 5.69 Å². The summed E-state index contributed by atoms with van der Waals surface area (Å²) in [4.78, 5) is 9.94. The minimum atomic E-state index is -0.733. The van der Waals surface area contributed by atoms with Crippen LogP contribution in [-0.4, -0.2) is 26.0 Å². The largest absolute Gasteiger partial charge is 0.867 e. The Bertz CT molecular complexity index is 611. The molecule has 0 fully saturated rings. The second kappa shape index (κ2) is 4.92. The normalized spacial score (nSPS) is 10.9. The Kier molecular flexibility index (Phi) is 3.33. The van der Waals surface area contributed by atoms with Gasteiger partial charge in [-0.25, -0.2) is 4.68 Å². The highest BCUT2D eigenvalue weighted by molar-refractivity contribution is 9.10. The van der Waals surface area contributed by atoms with Gasteiger partial charge in [0.05, 0.1) is 11.1 Å². The standard InChI is InChI=1S/C9H6BrN5O3/c10-7-1-6(3-13-14-4-11-12-5-14)9(16)8(2-7)15(17)18/h1-5,16H/p-1. The van der Waals surface area contributed by atoms with Crippen LogP contribution in [0.1, 0.15) is 5.56 Å². The number of nitrogens with zero attached hydrogens (tertiary/aromatic N) is 5. The van der Waals surface area contributed by atoms with E-state index in [4.69, 9.17) is 0 Å². The quantitative estimate of drug-likeness (QED) is 0.475. The first kappa shape index (κ1) is 12.2. The maximum atomic E-state index is 11.7. The van der Waals surface area contributed by atoms with Gasteiger partial charge in [-0.3, -0.25) is 10.1 Å². The SMILES string of the molecule is O=[N+]([O-])c1cc(Br)cc(C=Nn2cnnc2)c1[O-]. The molecule has 0 saturated heterocycles. The fourth-order valence-corrected chi connectivity index (χ4v) is 1.68. The molecule has 0 aliphatic heterocycles. The molecule has 2 aromatic rings. The van der Waals surface area contributed by atoms with Gasteiger partial charge in [-0.05, 0) is 17.4 Å². The molecular weight excluding hydrogens is 306 g/mol. The van der Waals surface area contributed by atoms with E-state index >= 15 is 0 Å². The van der Waals surface area contributed by atoms with E-state index in [9.17, 15) is 15.2 Å². The molecule has 0 N–H and O–H groups in total. The predicted octanol–water partition coefficient (Wildman–Crippen LogP) is 0.905. The van der Waals surface area contributed by atoms with E-state index in [0.29, 0.717) is 4.47 Å². The van der Waals surface area contributed by atoms with Crippen molar-refractivity contribution in [2.75, 3.05) is 0 Å². The number of halogens is 1. The zero-order valence-electron chi connectivity index (χ0n) is 8.73. The smallest absolute Gasteiger partial charge is 0.263 e. The van der Waals surface area contributed by atoms with Crippen LogP contribution >= 0.6 is 15.9 Å². The lowest BCUT2D eigenvalue weighted by Crippen LogP contribution is -2.02. The van der Waals surface area contributed by atoms with E-state index in [2.05, 4.69) is 31.2 Å². The third-order valence-corrected chi connectivity index (χ3v) is 2.45. The zero-order chi connectivity index (χ0) is 13.1. The van der Waals surface area contributed by atoms with Crippen LogP contribution in [0.2, 0.25) is 0 Å². The van der Waals surface area contributed by atoms with Crippen molar-refractivity contribution >= 4 is 27.8 Å². The van der Waals surface area contributed by atoms with Gasteiger partial charge in [0, 0.05) is 10.5 Å². The van der Waals surface area contributed by atoms with Gasteiger partial charge in [-0.15, -0.1) is 10.2 Å². The van der Waals surface area contributed by atoms with Crippen LogP contribution < -0.4 is 5.11 Å². The van der Waals surface area contributed by atoms with Crippen LogP contribution in [0.15, 0.2) is 34.4 Å². The van der Waals surface area contributed by atoms with Crippen LogP contribution in [-0.2, 0) is 0 Å². The molecule has 0 spiro atoms. The third kappa shape index (κ3) is 2.51. The molecule has 0 unspecified atom stereocenters. The molecule has 0 atom stereocenters. The second-order valence-corrected chi connectivity index (χ2v) is 4.10. The lowest BCUT2D eigenvalue weighted by molar-refractivity contribution is -0.398. The Labute approximate surface area is 109 Å². The topological polar surface area (TPSA) is 109 Å². The summed E-state index contributed by atoms with van der Waals surface area (Å²) >= 11 is 3.10. The lowest BCUT2D eigenvalue weighted by Gasteiger charge is -2.10. The van der Waals surface area contributed by atoms with Gasteiger partial charge in [-0.1, -0.05) is 15.9 Å². The molecule has 0 amide bonds. The minimum absolute atomic E-state index is 0.102. The average molecular weight is 311 g/mol. The van der Waals surface area contributed by atoms with E-state index in [-0.39, 0.29) is 5.56 Å². The molecular formula is C9H5BrN5O3-. The number of hydrogen-bond acceptors (Lipinski definition) is 6. The molecule has 0 aliphatic rings. The highest BCUT2D eigenvalue weighted by atomic mass is 79.9. The third-order valence-electron chi connectivity index (χ3n) is 2.00. The molecule has 1 aromatic heterocycles. The fourth-order valence-electron chi connectivity index (χ4n) is 1.22. The summed E-state index contributed by atoms with van der Waals surface area (Å²) in [5.41, 5.74) is -0.403. The maximum Gasteiger partial charge on any atom is 0.263 e.